The summed E-state index contributed by atoms with van der Waals surface area (Å²) in [5.41, 5.74) is 0.433. The zero-order valence-corrected chi connectivity index (χ0v) is 9.88. The van der Waals surface area contributed by atoms with E-state index in [9.17, 15) is 4.79 Å². The molecule has 0 aromatic heterocycles. The summed E-state index contributed by atoms with van der Waals surface area (Å²) in [7, 11) is 0. The molecule has 0 aromatic rings. The van der Waals surface area contributed by atoms with Crippen molar-refractivity contribution in [1.29, 1.82) is 0 Å². The molecule has 0 aliphatic heterocycles. The quantitative estimate of drug-likeness (QED) is 0.457. The Balaban J connectivity index is 3.25. The number of hydrogen-bond acceptors (Lipinski definition) is 2. The van der Waals surface area contributed by atoms with Gasteiger partial charge in [-0.15, -0.1) is 0 Å². The van der Waals surface area contributed by atoms with Crippen LogP contribution < -0.4 is 5.32 Å². The molecule has 0 saturated heterocycles. The van der Waals surface area contributed by atoms with Crippen LogP contribution in [0.4, 0.5) is 0 Å². The van der Waals surface area contributed by atoms with E-state index < -0.39 is 5.97 Å². The smallest absolute Gasteiger partial charge is 0.330 e. The van der Waals surface area contributed by atoms with Gasteiger partial charge in [0, 0.05) is 5.57 Å². The van der Waals surface area contributed by atoms with Crippen LogP contribution in [0, 0.1) is 0 Å². The fourth-order valence-corrected chi connectivity index (χ4v) is 1.28. The lowest BCUT2D eigenvalue weighted by Gasteiger charge is -2.02. The molecule has 0 unspecified atom stereocenters. The van der Waals surface area contributed by atoms with Gasteiger partial charge >= 0.3 is 5.97 Å². The van der Waals surface area contributed by atoms with Gasteiger partial charge in [-0.1, -0.05) is 32.3 Å². The van der Waals surface area contributed by atoms with Crippen molar-refractivity contribution in [2.45, 2.75) is 46.0 Å². The highest BCUT2D eigenvalue weighted by Gasteiger charge is 1.97. The molecule has 0 spiro atoms. The predicted molar refractivity (Wildman–Crippen MR) is 63.0 cm³/mol. The van der Waals surface area contributed by atoms with Gasteiger partial charge in [0.1, 0.15) is 0 Å². The second-order valence-corrected chi connectivity index (χ2v) is 3.79. The van der Waals surface area contributed by atoms with Gasteiger partial charge in [-0.25, -0.2) is 4.79 Å². The Hall–Kier alpha value is -0.830. The zero-order valence-electron chi connectivity index (χ0n) is 9.88. The first-order valence-electron chi connectivity index (χ1n) is 5.79. The highest BCUT2D eigenvalue weighted by Crippen LogP contribution is 1.97. The number of nitrogens with one attached hydrogen (secondary N) is 1. The lowest BCUT2D eigenvalue weighted by molar-refractivity contribution is -0.132. The van der Waals surface area contributed by atoms with E-state index in [1.54, 1.807) is 13.0 Å². The van der Waals surface area contributed by atoms with Crippen molar-refractivity contribution in [1.82, 2.24) is 5.32 Å². The predicted octanol–water partition coefficient (Wildman–Crippen LogP) is 2.58. The number of unbranched alkanes of at least 4 members (excludes halogenated alkanes) is 3. The number of rotatable bonds is 9. The highest BCUT2D eigenvalue weighted by molar-refractivity contribution is 5.85. The second kappa shape index (κ2) is 9.71. The molecular formula is C12H23NO2. The Morgan fingerprint density at radius 2 is 2.00 bits per heavy atom. The van der Waals surface area contributed by atoms with Crippen molar-refractivity contribution in [3.63, 3.8) is 0 Å². The van der Waals surface area contributed by atoms with Gasteiger partial charge in [-0.05, 0) is 32.9 Å². The number of aliphatic carboxylic acids is 1. The van der Waals surface area contributed by atoms with E-state index in [0.717, 1.165) is 19.5 Å². The van der Waals surface area contributed by atoms with Crippen LogP contribution in [0.2, 0.25) is 0 Å². The van der Waals surface area contributed by atoms with E-state index in [1.165, 1.54) is 25.7 Å². The van der Waals surface area contributed by atoms with Gasteiger partial charge in [-0.2, -0.15) is 0 Å². The summed E-state index contributed by atoms with van der Waals surface area (Å²) in [6.07, 6.45) is 7.64. The molecular weight excluding hydrogens is 190 g/mol. The lowest BCUT2D eigenvalue weighted by atomic mass is 10.2. The van der Waals surface area contributed by atoms with Gasteiger partial charge in [-0.3, -0.25) is 0 Å². The molecule has 0 atom stereocenters. The minimum absolute atomic E-state index is 0.433. The molecule has 2 N–H and O–H groups in total. The minimum atomic E-state index is -0.821. The van der Waals surface area contributed by atoms with Crippen LogP contribution in [0.5, 0.6) is 0 Å². The summed E-state index contributed by atoms with van der Waals surface area (Å²) < 4.78 is 0. The molecule has 0 aromatic carbocycles. The summed E-state index contributed by atoms with van der Waals surface area (Å²) in [5.74, 6) is -0.821. The maximum Gasteiger partial charge on any atom is 0.330 e. The third kappa shape index (κ3) is 9.47. The normalized spacial score (nSPS) is 11.7. The van der Waals surface area contributed by atoms with Crippen molar-refractivity contribution in [2.24, 2.45) is 0 Å². The van der Waals surface area contributed by atoms with Crippen LogP contribution in [0.1, 0.15) is 46.0 Å². The molecule has 0 heterocycles. The molecule has 0 rings (SSSR count). The lowest BCUT2D eigenvalue weighted by Crippen LogP contribution is -2.16. The fraction of sp³-hybridized carbons (Fsp3) is 0.750. The maximum absolute atomic E-state index is 10.4. The van der Waals surface area contributed by atoms with Crippen molar-refractivity contribution in [2.75, 3.05) is 13.1 Å². The number of carboxylic acids is 1. The Morgan fingerprint density at radius 3 is 2.60 bits per heavy atom. The molecule has 88 valence electrons. The Bertz CT molecular complexity index is 200. The fourth-order valence-electron chi connectivity index (χ4n) is 1.28. The maximum atomic E-state index is 10.4. The van der Waals surface area contributed by atoms with Gasteiger partial charge < -0.3 is 10.4 Å². The van der Waals surface area contributed by atoms with Crippen LogP contribution >= 0.6 is 0 Å². The van der Waals surface area contributed by atoms with E-state index in [2.05, 4.69) is 12.2 Å². The van der Waals surface area contributed by atoms with Gasteiger partial charge in [0.15, 0.2) is 0 Å². The standard InChI is InChI=1S/C12H23NO2/c1-3-4-5-6-9-13-10-7-8-11(2)12(14)15/h8,13H,3-7,9-10H2,1-2H3,(H,14,15). The van der Waals surface area contributed by atoms with Crippen LogP contribution in [0.3, 0.4) is 0 Å². The molecule has 0 aliphatic rings. The molecule has 3 nitrogen and oxygen atoms in total. The largest absolute Gasteiger partial charge is 0.478 e. The first-order valence-corrected chi connectivity index (χ1v) is 5.79. The van der Waals surface area contributed by atoms with E-state index in [1.807, 2.05) is 0 Å². The number of carbonyl (C=O) groups is 1. The van der Waals surface area contributed by atoms with Crippen molar-refractivity contribution < 1.29 is 9.90 Å². The molecule has 0 radical (unpaired) electrons. The summed E-state index contributed by atoms with van der Waals surface area (Å²) in [6, 6.07) is 0. The van der Waals surface area contributed by atoms with Crippen molar-refractivity contribution >= 4 is 5.97 Å². The average molecular weight is 213 g/mol. The Labute approximate surface area is 92.6 Å². The average Bonchev–Trinajstić information content (AvgIpc) is 2.21. The second-order valence-electron chi connectivity index (χ2n) is 3.79. The van der Waals surface area contributed by atoms with E-state index in [-0.39, 0.29) is 0 Å². The van der Waals surface area contributed by atoms with E-state index >= 15 is 0 Å². The third-order valence-electron chi connectivity index (χ3n) is 2.32. The minimum Gasteiger partial charge on any atom is -0.478 e. The molecule has 0 aliphatic carbocycles. The van der Waals surface area contributed by atoms with Crippen LogP contribution in [-0.2, 0) is 4.79 Å². The van der Waals surface area contributed by atoms with Crippen molar-refractivity contribution in [3.8, 4) is 0 Å². The SMILES string of the molecule is CCCCCCNCCC=C(C)C(=O)O. The Kier molecular flexibility index (Phi) is 9.18. The molecule has 0 bridgehead atoms. The molecule has 0 saturated carbocycles. The zero-order chi connectivity index (χ0) is 11.5. The van der Waals surface area contributed by atoms with Crippen LogP contribution in [-0.4, -0.2) is 24.2 Å². The van der Waals surface area contributed by atoms with Crippen LogP contribution in [0.25, 0.3) is 0 Å². The van der Waals surface area contributed by atoms with Gasteiger partial charge in [0.05, 0.1) is 0 Å². The molecule has 0 fully saturated rings. The highest BCUT2D eigenvalue weighted by atomic mass is 16.4. The monoisotopic (exact) mass is 213 g/mol. The number of carboxylic acid groups (broad SMARTS) is 1. The molecule has 3 heteroatoms. The van der Waals surface area contributed by atoms with E-state index in [0.29, 0.717) is 5.57 Å². The van der Waals surface area contributed by atoms with Gasteiger partial charge in [0.25, 0.3) is 0 Å². The summed E-state index contributed by atoms with van der Waals surface area (Å²) >= 11 is 0. The molecule has 15 heavy (non-hydrogen) atoms. The summed E-state index contributed by atoms with van der Waals surface area (Å²) in [5, 5.41) is 11.9. The van der Waals surface area contributed by atoms with Crippen LogP contribution in [0.15, 0.2) is 11.6 Å². The van der Waals surface area contributed by atoms with Crippen molar-refractivity contribution in [3.05, 3.63) is 11.6 Å². The topological polar surface area (TPSA) is 49.3 Å². The third-order valence-corrected chi connectivity index (χ3v) is 2.32. The Morgan fingerprint density at radius 1 is 1.27 bits per heavy atom. The van der Waals surface area contributed by atoms with Gasteiger partial charge in [0.2, 0.25) is 0 Å². The first kappa shape index (κ1) is 14.2. The summed E-state index contributed by atoms with van der Waals surface area (Å²) in [6.45, 7) is 5.74. The first-order chi connectivity index (χ1) is 7.18. The molecule has 0 amide bonds. The number of hydrogen-bond donors (Lipinski definition) is 2. The van der Waals surface area contributed by atoms with E-state index in [4.69, 9.17) is 5.11 Å². The summed E-state index contributed by atoms with van der Waals surface area (Å²) in [4.78, 5) is 10.4.